The summed E-state index contributed by atoms with van der Waals surface area (Å²) in [5.41, 5.74) is 2.21. The lowest BCUT2D eigenvalue weighted by Gasteiger charge is -2.19. The number of fused-ring (bicyclic) bond motifs is 1. The molecule has 0 bridgehead atoms. The quantitative estimate of drug-likeness (QED) is 0.917. The number of aryl methyl sites for hydroxylation is 1. The van der Waals surface area contributed by atoms with E-state index in [4.69, 9.17) is 4.74 Å². The molecule has 2 aromatic rings. The van der Waals surface area contributed by atoms with E-state index < -0.39 is 0 Å². The van der Waals surface area contributed by atoms with E-state index in [1.807, 2.05) is 29.8 Å². The number of ether oxygens (including phenoxy) is 1. The van der Waals surface area contributed by atoms with Gasteiger partial charge in [0.1, 0.15) is 11.4 Å². The Kier molecular flexibility index (Phi) is 4.34. The molecule has 2 amide bonds. The monoisotopic (exact) mass is 355 g/mol. The van der Waals surface area contributed by atoms with Gasteiger partial charge in [-0.05, 0) is 37.5 Å². The van der Waals surface area contributed by atoms with Crippen LogP contribution in [-0.4, -0.2) is 36.1 Å². The second-order valence-corrected chi connectivity index (χ2v) is 7.24. The zero-order chi connectivity index (χ0) is 18.3. The van der Waals surface area contributed by atoms with Gasteiger partial charge >= 0.3 is 0 Å². The van der Waals surface area contributed by atoms with Crippen molar-refractivity contribution in [2.75, 3.05) is 18.6 Å². The number of benzene rings is 1. The molecule has 2 heterocycles. The number of carbonyl (C=O) groups excluding carboxylic acids is 2. The maximum atomic E-state index is 13.1. The number of hydrogen-bond donors (Lipinski definition) is 1. The molecule has 1 aromatic heterocycles. The van der Waals surface area contributed by atoms with E-state index in [-0.39, 0.29) is 17.9 Å². The maximum Gasteiger partial charge on any atom is 0.270 e. The second-order valence-electron chi connectivity index (χ2n) is 7.24. The minimum absolute atomic E-state index is 0.0789. The summed E-state index contributed by atoms with van der Waals surface area (Å²) in [5, 5.41) is 4.06. The largest absolute Gasteiger partial charge is 0.497 e. The van der Waals surface area contributed by atoms with Crippen LogP contribution in [0, 0.1) is 0 Å². The Balaban J connectivity index is 1.85. The third kappa shape index (κ3) is 2.73. The predicted molar refractivity (Wildman–Crippen MR) is 101 cm³/mol. The SMILES string of the molecule is COc1ccc2c(c1)c(N1CCCC1=O)c(C(=O)NC1CCCC1)n2C. The molecule has 0 radical (unpaired) electrons. The van der Waals surface area contributed by atoms with E-state index in [0.717, 1.165) is 54.4 Å². The number of nitrogens with zero attached hydrogens (tertiary/aromatic N) is 2. The molecule has 6 nitrogen and oxygen atoms in total. The second kappa shape index (κ2) is 6.67. The van der Waals surface area contributed by atoms with Gasteiger partial charge in [0.15, 0.2) is 0 Å². The standard InChI is InChI=1S/C20H25N3O3/c1-22-16-10-9-14(26-2)12-15(16)18(23-11-5-8-17(23)24)19(22)20(25)21-13-6-3-4-7-13/h9-10,12-13H,3-8,11H2,1-2H3,(H,21,25). The van der Waals surface area contributed by atoms with Gasteiger partial charge < -0.3 is 19.5 Å². The van der Waals surface area contributed by atoms with Crippen LogP contribution < -0.4 is 15.0 Å². The van der Waals surface area contributed by atoms with Gasteiger partial charge in [-0.1, -0.05) is 12.8 Å². The molecule has 0 unspecified atom stereocenters. The van der Waals surface area contributed by atoms with Gasteiger partial charge in [-0.15, -0.1) is 0 Å². The van der Waals surface area contributed by atoms with Crippen molar-refractivity contribution in [2.24, 2.45) is 7.05 Å². The Morgan fingerprint density at radius 3 is 2.65 bits per heavy atom. The van der Waals surface area contributed by atoms with Gasteiger partial charge in [-0.3, -0.25) is 9.59 Å². The van der Waals surface area contributed by atoms with Crippen LogP contribution in [0.4, 0.5) is 5.69 Å². The highest BCUT2D eigenvalue weighted by atomic mass is 16.5. The molecule has 1 aliphatic carbocycles. The van der Waals surface area contributed by atoms with Gasteiger partial charge in [0, 0.05) is 31.4 Å². The first-order valence-corrected chi connectivity index (χ1v) is 9.38. The number of aromatic nitrogens is 1. The van der Waals surface area contributed by atoms with Crippen LogP contribution >= 0.6 is 0 Å². The van der Waals surface area contributed by atoms with Crippen molar-refractivity contribution < 1.29 is 14.3 Å². The summed E-state index contributed by atoms with van der Waals surface area (Å²) in [4.78, 5) is 27.4. The van der Waals surface area contributed by atoms with Crippen LogP contribution in [0.5, 0.6) is 5.75 Å². The fraction of sp³-hybridized carbons (Fsp3) is 0.500. The first-order chi connectivity index (χ1) is 12.6. The minimum Gasteiger partial charge on any atom is -0.497 e. The summed E-state index contributed by atoms with van der Waals surface area (Å²) in [6.07, 6.45) is 5.74. The molecule has 1 N–H and O–H groups in total. The van der Waals surface area contributed by atoms with Crippen molar-refractivity contribution in [1.82, 2.24) is 9.88 Å². The summed E-state index contributed by atoms with van der Waals surface area (Å²) >= 11 is 0. The van der Waals surface area contributed by atoms with Gasteiger partial charge in [0.2, 0.25) is 5.91 Å². The molecular formula is C20H25N3O3. The summed E-state index contributed by atoms with van der Waals surface area (Å²) in [7, 11) is 3.51. The predicted octanol–water partition coefficient (Wildman–Crippen LogP) is 2.99. The van der Waals surface area contributed by atoms with E-state index >= 15 is 0 Å². The molecule has 2 aliphatic rings. The first-order valence-electron chi connectivity index (χ1n) is 9.38. The Morgan fingerprint density at radius 1 is 1.23 bits per heavy atom. The van der Waals surface area contributed by atoms with E-state index in [1.54, 1.807) is 12.0 Å². The number of hydrogen-bond acceptors (Lipinski definition) is 3. The summed E-state index contributed by atoms with van der Waals surface area (Å²) in [6.45, 7) is 0.652. The Bertz CT molecular complexity index is 865. The van der Waals surface area contributed by atoms with Crippen LogP contribution in [-0.2, 0) is 11.8 Å². The fourth-order valence-corrected chi connectivity index (χ4v) is 4.27. The van der Waals surface area contributed by atoms with E-state index in [0.29, 0.717) is 18.7 Å². The molecule has 0 atom stereocenters. The lowest BCUT2D eigenvalue weighted by molar-refractivity contribution is -0.117. The molecule has 2 fully saturated rings. The van der Waals surface area contributed by atoms with Crippen LogP contribution in [0.25, 0.3) is 10.9 Å². The molecule has 1 aliphatic heterocycles. The normalized spacial score (nSPS) is 18.1. The Hall–Kier alpha value is -2.50. The molecule has 4 rings (SSSR count). The lowest BCUT2D eigenvalue weighted by atomic mass is 10.1. The van der Waals surface area contributed by atoms with Crippen molar-refractivity contribution in [2.45, 2.75) is 44.6 Å². The third-order valence-electron chi connectivity index (χ3n) is 5.63. The van der Waals surface area contributed by atoms with Crippen molar-refractivity contribution in [3.05, 3.63) is 23.9 Å². The molecule has 6 heteroatoms. The number of methoxy groups -OCH3 is 1. The smallest absolute Gasteiger partial charge is 0.270 e. The molecule has 138 valence electrons. The number of amides is 2. The Morgan fingerprint density at radius 2 is 2.00 bits per heavy atom. The van der Waals surface area contributed by atoms with Crippen molar-refractivity contribution in [3.8, 4) is 5.75 Å². The number of rotatable bonds is 4. The summed E-state index contributed by atoms with van der Waals surface area (Å²) in [6, 6.07) is 5.99. The highest BCUT2D eigenvalue weighted by molar-refractivity contribution is 6.14. The van der Waals surface area contributed by atoms with E-state index in [2.05, 4.69) is 5.32 Å². The van der Waals surface area contributed by atoms with Gasteiger partial charge in [-0.25, -0.2) is 0 Å². The van der Waals surface area contributed by atoms with E-state index in [9.17, 15) is 9.59 Å². The van der Waals surface area contributed by atoms with Crippen LogP contribution in [0.2, 0.25) is 0 Å². The molecule has 1 saturated carbocycles. The zero-order valence-corrected chi connectivity index (χ0v) is 15.4. The van der Waals surface area contributed by atoms with E-state index in [1.165, 1.54) is 0 Å². The van der Waals surface area contributed by atoms with Gasteiger partial charge in [0.25, 0.3) is 5.91 Å². The van der Waals surface area contributed by atoms with Crippen LogP contribution in [0.1, 0.15) is 49.0 Å². The minimum atomic E-state index is -0.0933. The fourth-order valence-electron chi connectivity index (χ4n) is 4.27. The lowest BCUT2D eigenvalue weighted by Crippen LogP contribution is -2.35. The number of anilines is 1. The molecule has 26 heavy (non-hydrogen) atoms. The number of carbonyl (C=O) groups is 2. The van der Waals surface area contributed by atoms with Gasteiger partial charge in [-0.2, -0.15) is 0 Å². The zero-order valence-electron chi connectivity index (χ0n) is 15.4. The Labute approximate surface area is 153 Å². The topological polar surface area (TPSA) is 63.6 Å². The van der Waals surface area contributed by atoms with Crippen molar-refractivity contribution in [1.29, 1.82) is 0 Å². The summed E-state index contributed by atoms with van der Waals surface area (Å²) in [5.74, 6) is 0.707. The van der Waals surface area contributed by atoms with Crippen LogP contribution in [0.15, 0.2) is 18.2 Å². The highest BCUT2D eigenvalue weighted by Crippen LogP contribution is 2.38. The molecule has 1 saturated heterocycles. The van der Waals surface area contributed by atoms with Crippen LogP contribution in [0.3, 0.4) is 0 Å². The maximum absolute atomic E-state index is 13.1. The third-order valence-corrected chi connectivity index (χ3v) is 5.63. The summed E-state index contributed by atoms with van der Waals surface area (Å²) < 4.78 is 7.27. The first kappa shape index (κ1) is 16.9. The highest BCUT2D eigenvalue weighted by Gasteiger charge is 2.32. The molecule has 0 spiro atoms. The van der Waals surface area contributed by atoms with Crippen molar-refractivity contribution >= 4 is 28.4 Å². The number of nitrogens with one attached hydrogen (secondary N) is 1. The molecular weight excluding hydrogens is 330 g/mol. The van der Waals surface area contributed by atoms with Crippen molar-refractivity contribution in [3.63, 3.8) is 0 Å². The average molecular weight is 355 g/mol. The van der Waals surface area contributed by atoms with Gasteiger partial charge in [0.05, 0.1) is 18.3 Å². The average Bonchev–Trinajstić information content (AvgIpc) is 3.35. The molecule has 1 aromatic carbocycles.